The Labute approximate surface area is 165 Å². The highest BCUT2D eigenvalue weighted by atomic mass is 14.2. The van der Waals surface area contributed by atoms with E-state index in [2.05, 4.69) is 12.1 Å². The zero-order valence-corrected chi connectivity index (χ0v) is 15.3. The van der Waals surface area contributed by atoms with Gasteiger partial charge in [-0.25, -0.2) is 0 Å². The number of nitrogens with zero attached hydrogens (tertiary/aromatic N) is 2. The molecule has 0 heterocycles. The Morgan fingerprint density at radius 2 is 0.714 bits per heavy atom. The van der Waals surface area contributed by atoms with E-state index >= 15 is 0 Å². The van der Waals surface area contributed by atoms with Crippen molar-refractivity contribution in [3.05, 3.63) is 120 Å². The van der Waals surface area contributed by atoms with Crippen LogP contribution in [0, 0.1) is 22.7 Å². The number of benzene rings is 4. The molecule has 4 rings (SSSR count). The molecule has 0 bridgehead atoms. The van der Waals surface area contributed by atoms with Gasteiger partial charge in [-0.2, -0.15) is 10.5 Å². The van der Waals surface area contributed by atoms with E-state index < -0.39 is 0 Å². The Kier molecular flexibility index (Phi) is 6.34. The van der Waals surface area contributed by atoms with Gasteiger partial charge in [0, 0.05) is 0 Å². The standard InChI is InChI=1S/2C13H9N/c2*14-10-12-8-4-5-9-13(12)11-6-2-1-3-7-11/h2*1-9H. The Hall–Kier alpha value is -4.14. The molecule has 0 fully saturated rings. The molecule has 0 aliphatic rings. The van der Waals surface area contributed by atoms with Gasteiger partial charge in [-0.1, -0.05) is 97.1 Å². The lowest BCUT2D eigenvalue weighted by molar-refractivity contribution is 1.48. The average molecular weight is 358 g/mol. The van der Waals surface area contributed by atoms with Gasteiger partial charge in [0.1, 0.15) is 0 Å². The molecule has 0 aliphatic carbocycles. The number of nitriles is 2. The summed E-state index contributed by atoms with van der Waals surface area (Å²) in [5, 5.41) is 17.9. The summed E-state index contributed by atoms with van der Waals surface area (Å²) in [5.74, 6) is 0. The van der Waals surface area contributed by atoms with Crippen LogP contribution in [0.2, 0.25) is 0 Å². The third kappa shape index (κ3) is 4.52. The first-order valence-electron chi connectivity index (χ1n) is 8.92. The molecule has 132 valence electrons. The Balaban J connectivity index is 0.000000161. The van der Waals surface area contributed by atoms with Gasteiger partial charge >= 0.3 is 0 Å². The van der Waals surface area contributed by atoms with E-state index in [0.717, 1.165) is 33.4 Å². The molecule has 0 atom stereocenters. The third-order valence-corrected chi connectivity index (χ3v) is 4.26. The van der Waals surface area contributed by atoms with Crippen LogP contribution in [0.4, 0.5) is 0 Å². The smallest absolute Gasteiger partial charge is 0.0998 e. The van der Waals surface area contributed by atoms with Gasteiger partial charge in [-0.05, 0) is 34.4 Å². The predicted molar refractivity (Wildman–Crippen MR) is 113 cm³/mol. The van der Waals surface area contributed by atoms with Gasteiger partial charge in [-0.15, -0.1) is 0 Å². The van der Waals surface area contributed by atoms with Crippen LogP contribution in [0.25, 0.3) is 22.3 Å². The molecule has 4 aromatic rings. The molecule has 2 heteroatoms. The molecule has 0 radical (unpaired) electrons. The zero-order valence-electron chi connectivity index (χ0n) is 15.3. The highest BCUT2D eigenvalue weighted by Gasteiger charge is 2.02. The Bertz CT molecular complexity index is 1030. The molecule has 0 aromatic heterocycles. The van der Waals surface area contributed by atoms with Crippen molar-refractivity contribution in [3.63, 3.8) is 0 Å². The van der Waals surface area contributed by atoms with Crippen LogP contribution in [-0.2, 0) is 0 Å². The highest BCUT2D eigenvalue weighted by Crippen LogP contribution is 2.23. The fourth-order valence-corrected chi connectivity index (χ4v) is 2.90. The molecule has 28 heavy (non-hydrogen) atoms. The van der Waals surface area contributed by atoms with Crippen LogP contribution in [0.1, 0.15) is 11.1 Å². The molecule has 0 amide bonds. The summed E-state index contributed by atoms with van der Waals surface area (Å²) in [7, 11) is 0. The van der Waals surface area contributed by atoms with Gasteiger partial charge in [-0.3, -0.25) is 0 Å². The summed E-state index contributed by atoms with van der Waals surface area (Å²) in [4.78, 5) is 0. The molecule has 4 aromatic carbocycles. The van der Waals surface area contributed by atoms with E-state index in [1.165, 1.54) is 0 Å². The van der Waals surface area contributed by atoms with Crippen molar-refractivity contribution in [2.24, 2.45) is 0 Å². The van der Waals surface area contributed by atoms with Gasteiger partial charge in [0.25, 0.3) is 0 Å². The van der Waals surface area contributed by atoms with Crippen LogP contribution < -0.4 is 0 Å². The number of rotatable bonds is 2. The van der Waals surface area contributed by atoms with E-state index in [-0.39, 0.29) is 0 Å². The second-order valence-electron chi connectivity index (χ2n) is 6.05. The van der Waals surface area contributed by atoms with E-state index in [9.17, 15) is 0 Å². The summed E-state index contributed by atoms with van der Waals surface area (Å²) in [6.45, 7) is 0. The summed E-state index contributed by atoms with van der Waals surface area (Å²) >= 11 is 0. The second-order valence-corrected chi connectivity index (χ2v) is 6.05. The van der Waals surface area contributed by atoms with Gasteiger partial charge < -0.3 is 0 Å². The highest BCUT2D eigenvalue weighted by molar-refractivity contribution is 5.71. The van der Waals surface area contributed by atoms with Crippen LogP contribution >= 0.6 is 0 Å². The SMILES string of the molecule is N#Cc1ccccc1-c1ccccc1.N#Cc1ccccc1-c1ccccc1. The minimum absolute atomic E-state index is 0.721. The second kappa shape index (κ2) is 9.53. The lowest BCUT2D eigenvalue weighted by atomic mass is 10.0. The Morgan fingerprint density at radius 1 is 0.393 bits per heavy atom. The maximum atomic E-state index is 8.93. The van der Waals surface area contributed by atoms with Crippen LogP contribution in [0.15, 0.2) is 109 Å². The minimum Gasteiger partial charge on any atom is -0.192 e. The summed E-state index contributed by atoms with van der Waals surface area (Å²) in [5.41, 5.74) is 5.61. The molecular weight excluding hydrogens is 340 g/mol. The third-order valence-electron chi connectivity index (χ3n) is 4.26. The van der Waals surface area contributed by atoms with Crippen molar-refractivity contribution in [3.8, 4) is 34.4 Å². The zero-order chi connectivity index (χ0) is 19.6. The first kappa shape index (κ1) is 18.6. The van der Waals surface area contributed by atoms with E-state index in [0.29, 0.717) is 0 Å². The molecular formula is C26H18N2. The summed E-state index contributed by atoms with van der Waals surface area (Å²) in [6.07, 6.45) is 0. The quantitative estimate of drug-likeness (QED) is 0.413. The predicted octanol–water partition coefficient (Wildman–Crippen LogP) is 6.45. The van der Waals surface area contributed by atoms with E-state index in [1.54, 1.807) is 0 Å². The van der Waals surface area contributed by atoms with Gasteiger partial charge in [0.15, 0.2) is 0 Å². The van der Waals surface area contributed by atoms with Gasteiger partial charge in [0.05, 0.1) is 23.3 Å². The molecule has 0 unspecified atom stereocenters. The van der Waals surface area contributed by atoms with E-state index in [1.807, 2.05) is 109 Å². The van der Waals surface area contributed by atoms with Gasteiger partial charge in [0.2, 0.25) is 0 Å². The van der Waals surface area contributed by atoms with Crippen molar-refractivity contribution in [1.29, 1.82) is 10.5 Å². The molecule has 0 saturated carbocycles. The minimum atomic E-state index is 0.721. The molecule has 2 nitrogen and oxygen atoms in total. The number of hydrogen-bond donors (Lipinski definition) is 0. The fourth-order valence-electron chi connectivity index (χ4n) is 2.90. The van der Waals surface area contributed by atoms with Crippen LogP contribution in [0.5, 0.6) is 0 Å². The molecule has 0 aliphatic heterocycles. The van der Waals surface area contributed by atoms with Crippen molar-refractivity contribution in [1.82, 2.24) is 0 Å². The first-order chi connectivity index (χ1) is 13.8. The van der Waals surface area contributed by atoms with Crippen LogP contribution in [0.3, 0.4) is 0 Å². The summed E-state index contributed by atoms with van der Waals surface area (Å²) in [6, 6.07) is 39.5. The lowest BCUT2D eigenvalue weighted by Crippen LogP contribution is -1.82. The topological polar surface area (TPSA) is 47.6 Å². The van der Waals surface area contributed by atoms with E-state index in [4.69, 9.17) is 10.5 Å². The monoisotopic (exact) mass is 358 g/mol. The maximum absolute atomic E-state index is 8.93. The first-order valence-corrected chi connectivity index (χ1v) is 8.92. The van der Waals surface area contributed by atoms with Crippen molar-refractivity contribution in [2.45, 2.75) is 0 Å². The van der Waals surface area contributed by atoms with Crippen molar-refractivity contribution in [2.75, 3.05) is 0 Å². The van der Waals surface area contributed by atoms with Crippen molar-refractivity contribution >= 4 is 0 Å². The average Bonchev–Trinajstić information content (AvgIpc) is 2.80. The molecule has 0 N–H and O–H groups in total. The molecule has 0 spiro atoms. The van der Waals surface area contributed by atoms with Crippen LogP contribution in [-0.4, -0.2) is 0 Å². The summed E-state index contributed by atoms with van der Waals surface area (Å²) < 4.78 is 0. The largest absolute Gasteiger partial charge is 0.192 e. The lowest BCUT2D eigenvalue weighted by Gasteiger charge is -2.02. The molecule has 0 saturated heterocycles. The van der Waals surface area contributed by atoms with Crippen molar-refractivity contribution < 1.29 is 0 Å². The maximum Gasteiger partial charge on any atom is 0.0998 e. The number of hydrogen-bond acceptors (Lipinski definition) is 2. The normalized spacial score (nSPS) is 9.36. The fraction of sp³-hybridized carbons (Fsp3) is 0. The Morgan fingerprint density at radius 3 is 1.07 bits per heavy atom.